The van der Waals surface area contributed by atoms with Crippen LogP contribution >= 0.6 is 12.6 Å². The van der Waals surface area contributed by atoms with Crippen molar-refractivity contribution < 1.29 is 4.79 Å². The predicted molar refractivity (Wildman–Crippen MR) is 73.5 cm³/mol. The van der Waals surface area contributed by atoms with Crippen LogP contribution in [-0.2, 0) is 11.3 Å². The molecule has 0 spiro atoms. The molecule has 2 aromatic rings. The number of carbonyl (C=O) groups is 1. The van der Waals surface area contributed by atoms with Crippen molar-refractivity contribution >= 4 is 29.4 Å². The zero-order valence-corrected chi connectivity index (χ0v) is 10.9. The molecule has 1 aliphatic rings. The Morgan fingerprint density at radius 2 is 2.39 bits per heavy atom. The highest BCUT2D eigenvalue weighted by atomic mass is 32.1. The van der Waals surface area contributed by atoms with E-state index in [1.807, 2.05) is 11.0 Å². The minimum absolute atomic E-state index is 0.235. The average Bonchev–Trinajstić information content (AvgIpc) is 2.96. The Kier molecular flexibility index (Phi) is 2.99. The quantitative estimate of drug-likeness (QED) is 0.828. The molecule has 1 atom stereocenters. The van der Waals surface area contributed by atoms with E-state index in [-0.39, 0.29) is 5.91 Å². The van der Waals surface area contributed by atoms with Gasteiger partial charge in [-0.3, -0.25) is 9.89 Å². The number of hydrogen-bond acceptors (Lipinski definition) is 3. The average molecular weight is 261 g/mol. The number of hydrogen-bond donors (Lipinski definition) is 2. The second-order valence-corrected chi connectivity index (χ2v) is 5.18. The smallest absolute Gasteiger partial charge is 0.223 e. The molecule has 0 aliphatic carbocycles. The molecular formula is C13H15N3OS. The van der Waals surface area contributed by atoms with Gasteiger partial charge < -0.3 is 4.90 Å². The van der Waals surface area contributed by atoms with Crippen LogP contribution in [0.15, 0.2) is 24.4 Å². The van der Waals surface area contributed by atoms with Gasteiger partial charge in [0.25, 0.3) is 0 Å². The molecule has 1 unspecified atom stereocenters. The van der Waals surface area contributed by atoms with Gasteiger partial charge in [0, 0.05) is 24.9 Å². The normalized spacial score (nSPS) is 19.9. The lowest BCUT2D eigenvalue weighted by Crippen LogP contribution is -2.24. The molecule has 3 rings (SSSR count). The molecule has 1 aromatic carbocycles. The maximum Gasteiger partial charge on any atom is 0.223 e. The van der Waals surface area contributed by atoms with E-state index in [0.29, 0.717) is 18.9 Å². The first-order valence-electron chi connectivity index (χ1n) is 6.07. The molecule has 0 saturated carbocycles. The summed E-state index contributed by atoms with van der Waals surface area (Å²) in [5.41, 5.74) is 2.16. The summed E-state index contributed by atoms with van der Waals surface area (Å²) in [5.74, 6) is 1.41. The maximum atomic E-state index is 11.8. The zero-order chi connectivity index (χ0) is 12.5. The van der Waals surface area contributed by atoms with Gasteiger partial charge in [-0.2, -0.15) is 17.7 Å². The van der Waals surface area contributed by atoms with Crippen molar-refractivity contribution in [2.75, 3.05) is 12.3 Å². The third-order valence-electron chi connectivity index (χ3n) is 3.43. The number of thiol groups is 1. The van der Waals surface area contributed by atoms with Crippen molar-refractivity contribution in [1.82, 2.24) is 15.1 Å². The topological polar surface area (TPSA) is 49.0 Å². The summed E-state index contributed by atoms with van der Waals surface area (Å²) in [7, 11) is 0. The van der Waals surface area contributed by atoms with Crippen LogP contribution in [0.5, 0.6) is 0 Å². The van der Waals surface area contributed by atoms with Gasteiger partial charge in [-0.1, -0.05) is 12.1 Å². The third kappa shape index (κ3) is 2.10. The first-order valence-corrected chi connectivity index (χ1v) is 6.70. The van der Waals surface area contributed by atoms with Crippen molar-refractivity contribution in [3.8, 4) is 0 Å². The molecule has 94 valence electrons. The Hall–Kier alpha value is -1.49. The number of aromatic nitrogens is 2. The summed E-state index contributed by atoms with van der Waals surface area (Å²) in [4.78, 5) is 13.7. The van der Waals surface area contributed by atoms with Crippen molar-refractivity contribution in [3.05, 3.63) is 30.0 Å². The van der Waals surface area contributed by atoms with E-state index in [1.165, 1.54) is 0 Å². The molecule has 1 N–H and O–H groups in total. The fourth-order valence-corrected chi connectivity index (χ4v) is 2.68. The Morgan fingerprint density at radius 1 is 1.50 bits per heavy atom. The van der Waals surface area contributed by atoms with E-state index in [0.717, 1.165) is 28.8 Å². The lowest BCUT2D eigenvalue weighted by atomic mass is 10.1. The van der Waals surface area contributed by atoms with Crippen LogP contribution in [0.1, 0.15) is 12.0 Å². The standard InChI is InChI=1S/C13H15N3OS/c17-13-4-10(8-18)7-16(13)6-9-1-2-11-5-14-15-12(11)3-9/h1-3,5,10,18H,4,6-8H2,(H,14,15). The molecule has 18 heavy (non-hydrogen) atoms. The molecule has 1 aromatic heterocycles. The van der Waals surface area contributed by atoms with Crippen molar-refractivity contribution in [1.29, 1.82) is 0 Å². The minimum atomic E-state index is 0.235. The number of aromatic amines is 1. The number of fused-ring (bicyclic) bond motifs is 1. The molecule has 0 bridgehead atoms. The third-order valence-corrected chi connectivity index (χ3v) is 3.95. The summed E-state index contributed by atoms with van der Waals surface area (Å²) >= 11 is 4.27. The Labute approximate surface area is 111 Å². The van der Waals surface area contributed by atoms with Gasteiger partial charge in [0.15, 0.2) is 0 Å². The van der Waals surface area contributed by atoms with Gasteiger partial charge in [-0.05, 0) is 23.3 Å². The van der Waals surface area contributed by atoms with Crippen LogP contribution in [-0.4, -0.2) is 33.3 Å². The molecule has 1 amide bonds. The van der Waals surface area contributed by atoms with Crippen LogP contribution in [0.2, 0.25) is 0 Å². The Balaban J connectivity index is 1.77. The molecule has 0 radical (unpaired) electrons. The first-order chi connectivity index (χ1) is 8.76. The second-order valence-electron chi connectivity index (χ2n) is 4.82. The summed E-state index contributed by atoms with van der Waals surface area (Å²) in [6, 6.07) is 6.15. The van der Waals surface area contributed by atoms with Crippen LogP contribution < -0.4 is 0 Å². The van der Waals surface area contributed by atoms with Gasteiger partial charge in [-0.15, -0.1) is 0 Å². The number of benzene rings is 1. The first kappa shape index (κ1) is 11.6. The molecule has 1 saturated heterocycles. The van der Waals surface area contributed by atoms with Gasteiger partial charge in [0.05, 0.1) is 11.7 Å². The highest BCUT2D eigenvalue weighted by molar-refractivity contribution is 7.80. The number of likely N-dealkylation sites (tertiary alicyclic amines) is 1. The zero-order valence-electron chi connectivity index (χ0n) is 9.97. The van der Waals surface area contributed by atoms with E-state index in [4.69, 9.17) is 0 Å². The van der Waals surface area contributed by atoms with Crippen LogP contribution in [0, 0.1) is 5.92 Å². The van der Waals surface area contributed by atoms with Crippen molar-refractivity contribution in [2.24, 2.45) is 5.92 Å². The lowest BCUT2D eigenvalue weighted by molar-refractivity contribution is -0.128. The SMILES string of the molecule is O=C1CC(CS)CN1Cc1ccc2cn[nH]c2c1. The van der Waals surface area contributed by atoms with Crippen molar-refractivity contribution in [3.63, 3.8) is 0 Å². The number of H-pyrrole nitrogens is 1. The highest BCUT2D eigenvalue weighted by Gasteiger charge is 2.28. The summed E-state index contributed by atoms with van der Waals surface area (Å²) < 4.78 is 0. The number of nitrogens with zero attached hydrogens (tertiary/aromatic N) is 2. The van der Waals surface area contributed by atoms with Gasteiger partial charge in [0.2, 0.25) is 5.91 Å². The monoisotopic (exact) mass is 261 g/mol. The Bertz CT molecular complexity index is 580. The summed E-state index contributed by atoms with van der Waals surface area (Å²) in [6.45, 7) is 1.50. The van der Waals surface area contributed by atoms with Gasteiger partial charge in [-0.25, -0.2) is 0 Å². The molecule has 5 heteroatoms. The maximum absolute atomic E-state index is 11.8. The van der Waals surface area contributed by atoms with Crippen LogP contribution in [0.4, 0.5) is 0 Å². The van der Waals surface area contributed by atoms with E-state index in [1.54, 1.807) is 6.20 Å². The molecular weight excluding hydrogens is 246 g/mol. The number of rotatable bonds is 3. The summed E-state index contributed by atoms with van der Waals surface area (Å²) in [6.07, 6.45) is 2.44. The fraction of sp³-hybridized carbons (Fsp3) is 0.385. The molecule has 1 aliphatic heterocycles. The largest absolute Gasteiger partial charge is 0.338 e. The number of carbonyl (C=O) groups excluding carboxylic acids is 1. The highest BCUT2D eigenvalue weighted by Crippen LogP contribution is 2.22. The summed E-state index contributed by atoms with van der Waals surface area (Å²) in [5, 5.41) is 8.05. The molecule has 4 nitrogen and oxygen atoms in total. The van der Waals surface area contributed by atoms with Crippen molar-refractivity contribution in [2.45, 2.75) is 13.0 Å². The minimum Gasteiger partial charge on any atom is -0.338 e. The predicted octanol–water partition coefficient (Wildman–Crippen LogP) is 1.84. The Morgan fingerprint density at radius 3 is 3.17 bits per heavy atom. The molecule has 1 fully saturated rings. The van der Waals surface area contributed by atoms with E-state index in [2.05, 4.69) is 35.0 Å². The fourth-order valence-electron chi connectivity index (χ4n) is 2.43. The number of amides is 1. The van der Waals surface area contributed by atoms with Gasteiger partial charge in [0.1, 0.15) is 0 Å². The number of nitrogens with one attached hydrogen (secondary N) is 1. The van der Waals surface area contributed by atoms with E-state index >= 15 is 0 Å². The second kappa shape index (κ2) is 4.65. The van der Waals surface area contributed by atoms with Crippen LogP contribution in [0.25, 0.3) is 10.9 Å². The van der Waals surface area contributed by atoms with Crippen LogP contribution in [0.3, 0.4) is 0 Å². The van der Waals surface area contributed by atoms with Gasteiger partial charge >= 0.3 is 0 Å². The van der Waals surface area contributed by atoms with E-state index < -0.39 is 0 Å². The molecule has 2 heterocycles. The van der Waals surface area contributed by atoms with E-state index in [9.17, 15) is 4.79 Å². The lowest BCUT2D eigenvalue weighted by Gasteiger charge is -2.16.